The van der Waals surface area contributed by atoms with Crippen molar-refractivity contribution in [3.05, 3.63) is 0 Å². The maximum absolute atomic E-state index is 11.5. The van der Waals surface area contributed by atoms with Gasteiger partial charge < -0.3 is 15.3 Å². The number of amides is 1. The van der Waals surface area contributed by atoms with E-state index in [-0.39, 0.29) is 5.90 Å². The number of nitrogens with zero attached hydrogens (tertiary/aromatic N) is 2. The lowest BCUT2D eigenvalue weighted by atomic mass is 9.79. The van der Waals surface area contributed by atoms with Gasteiger partial charge in [-0.2, -0.15) is 5.26 Å². The Hall–Kier alpha value is -1.77. The van der Waals surface area contributed by atoms with Crippen molar-refractivity contribution >= 4 is 11.8 Å². The molecule has 0 heterocycles. The number of ether oxygens (including phenoxy) is 1. The maximum atomic E-state index is 11.5. The normalized spacial score (nSPS) is 13.9. The smallest absolute Gasteiger partial charge is 0.239 e. The first-order valence-electron chi connectivity index (χ1n) is 4.33. The molecule has 1 atom stereocenters. The van der Waals surface area contributed by atoms with Crippen molar-refractivity contribution in [1.29, 1.82) is 5.26 Å². The molecule has 6 heteroatoms. The van der Waals surface area contributed by atoms with Gasteiger partial charge in [-0.1, -0.05) is 5.16 Å². The average molecular weight is 213 g/mol. The molecule has 0 aliphatic rings. The topological polar surface area (TPSA) is 94.7 Å². The van der Waals surface area contributed by atoms with E-state index in [2.05, 4.69) is 10.5 Å². The van der Waals surface area contributed by atoms with E-state index in [9.17, 15) is 4.79 Å². The van der Waals surface area contributed by atoms with Crippen LogP contribution in [0, 0.1) is 22.7 Å². The molecule has 0 fully saturated rings. The first-order valence-corrected chi connectivity index (χ1v) is 4.33. The zero-order valence-corrected chi connectivity index (χ0v) is 9.24. The third-order valence-electron chi connectivity index (χ3n) is 2.07. The molecule has 15 heavy (non-hydrogen) atoms. The van der Waals surface area contributed by atoms with Gasteiger partial charge in [-0.05, 0) is 13.8 Å². The monoisotopic (exact) mass is 213 g/mol. The molecular formula is C9H15N3O3. The lowest BCUT2D eigenvalue weighted by Crippen LogP contribution is -2.42. The Bertz CT molecular complexity index is 304. The summed E-state index contributed by atoms with van der Waals surface area (Å²) in [4.78, 5) is 11.5. The summed E-state index contributed by atoms with van der Waals surface area (Å²) in [5.41, 5.74) is -1.02. The molecule has 2 N–H and O–H groups in total. The third kappa shape index (κ3) is 2.84. The Morgan fingerprint density at radius 2 is 2.20 bits per heavy atom. The highest BCUT2D eigenvalue weighted by Gasteiger charge is 2.40. The van der Waals surface area contributed by atoms with Gasteiger partial charge in [0.25, 0.3) is 0 Å². The van der Waals surface area contributed by atoms with Crippen LogP contribution < -0.4 is 5.32 Å². The number of hydrogen-bond acceptors (Lipinski definition) is 5. The molecule has 0 aliphatic heterocycles. The van der Waals surface area contributed by atoms with Crippen LogP contribution in [0.15, 0.2) is 5.16 Å². The quantitative estimate of drug-likeness (QED) is 0.306. The summed E-state index contributed by atoms with van der Waals surface area (Å²) in [6.07, 6.45) is 0. The Morgan fingerprint density at radius 1 is 1.67 bits per heavy atom. The van der Waals surface area contributed by atoms with Gasteiger partial charge in [-0.15, -0.1) is 0 Å². The molecule has 0 aromatic carbocycles. The summed E-state index contributed by atoms with van der Waals surface area (Å²) in [6.45, 7) is 3.13. The first-order chi connectivity index (χ1) is 6.94. The van der Waals surface area contributed by atoms with Crippen molar-refractivity contribution in [1.82, 2.24) is 5.32 Å². The fourth-order valence-electron chi connectivity index (χ4n) is 1.17. The fraction of sp³-hybridized carbons (Fsp3) is 0.667. The van der Waals surface area contributed by atoms with E-state index in [1.165, 1.54) is 14.2 Å². The number of carbonyl (C=O) groups is 1. The SMILES string of the molecule is CNC(=O)C(C(=NO)OC)C(C)(C)C#N. The molecule has 6 nitrogen and oxygen atoms in total. The second kappa shape index (κ2) is 5.20. The van der Waals surface area contributed by atoms with Gasteiger partial charge in [0.05, 0.1) is 18.6 Å². The van der Waals surface area contributed by atoms with Crippen molar-refractivity contribution < 1.29 is 14.7 Å². The lowest BCUT2D eigenvalue weighted by Gasteiger charge is -2.25. The summed E-state index contributed by atoms with van der Waals surface area (Å²) in [5, 5.41) is 22.9. The van der Waals surface area contributed by atoms with Crippen molar-refractivity contribution in [2.75, 3.05) is 14.2 Å². The second-order valence-corrected chi connectivity index (χ2v) is 3.52. The molecule has 0 saturated carbocycles. The highest BCUT2D eigenvalue weighted by Crippen LogP contribution is 2.27. The van der Waals surface area contributed by atoms with E-state index in [0.717, 1.165) is 0 Å². The van der Waals surface area contributed by atoms with E-state index < -0.39 is 17.2 Å². The third-order valence-corrected chi connectivity index (χ3v) is 2.07. The highest BCUT2D eigenvalue weighted by atomic mass is 16.5. The molecule has 0 saturated heterocycles. The van der Waals surface area contributed by atoms with Crippen LogP contribution in [-0.4, -0.2) is 31.2 Å². The van der Waals surface area contributed by atoms with Gasteiger partial charge in [0, 0.05) is 7.05 Å². The standard InChI is InChI=1S/C9H15N3O3/c1-9(2,5-10)6(7(13)11-3)8(12-14)15-4/h6,14H,1-4H3,(H,11,13). The molecule has 0 aliphatic carbocycles. The predicted octanol–water partition coefficient (Wildman–Crippen LogP) is 0.332. The maximum Gasteiger partial charge on any atom is 0.239 e. The van der Waals surface area contributed by atoms with Crippen LogP contribution >= 0.6 is 0 Å². The number of nitriles is 1. The highest BCUT2D eigenvalue weighted by molar-refractivity contribution is 6.01. The molecule has 1 amide bonds. The van der Waals surface area contributed by atoms with Crippen LogP contribution in [-0.2, 0) is 9.53 Å². The van der Waals surface area contributed by atoms with Gasteiger partial charge >= 0.3 is 0 Å². The molecule has 0 aromatic rings. The van der Waals surface area contributed by atoms with E-state index in [1.54, 1.807) is 13.8 Å². The summed E-state index contributed by atoms with van der Waals surface area (Å²) in [5.74, 6) is -1.56. The zero-order valence-electron chi connectivity index (χ0n) is 9.24. The molecule has 0 spiro atoms. The van der Waals surface area contributed by atoms with Crippen molar-refractivity contribution in [2.24, 2.45) is 16.5 Å². The minimum Gasteiger partial charge on any atom is -0.481 e. The minimum atomic E-state index is -1.02. The molecule has 1 unspecified atom stereocenters. The van der Waals surface area contributed by atoms with Crippen LogP contribution in [0.4, 0.5) is 0 Å². The summed E-state index contributed by atoms with van der Waals surface area (Å²) < 4.78 is 4.76. The molecular weight excluding hydrogens is 198 g/mol. The van der Waals surface area contributed by atoms with Gasteiger partial charge in [0.2, 0.25) is 11.8 Å². The van der Waals surface area contributed by atoms with Crippen molar-refractivity contribution in [2.45, 2.75) is 13.8 Å². The van der Waals surface area contributed by atoms with Crippen molar-refractivity contribution in [3.63, 3.8) is 0 Å². The number of oxime groups is 1. The fourth-order valence-corrected chi connectivity index (χ4v) is 1.17. The van der Waals surface area contributed by atoms with Gasteiger partial charge in [0.15, 0.2) is 0 Å². The lowest BCUT2D eigenvalue weighted by molar-refractivity contribution is -0.124. The zero-order chi connectivity index (χ0) is 12.1. The Morgan fingerprint density at radius 3 is 2.47 bits per heavy atom. The number of nitrogens with one attached hydrogen (secondary N) is 1. The number of rotatable bonds is 3. The second-order valence-electron chi connectivity index (χ2n) is 3.52. The first kappa shape index (κ1) is 13.2. The van der Waals surface area contributed by atoms with Gasteiger partial charge in [0.1, 0.15) is 5.92 Å². The van der Waals surface area contributed by atoms with E-state index in [0.29, 0.717) is 0 Å². The average Bonchev–Trinajstić information content (AvgIpc) is 2.24. The molecule has 0 rings (SSSR count). The Labute approximate surface area is 88.5 Å². The Balaban J connectivity index is 5.26. The molecule has 0 bridgehead atoms. The van der Waals surface area contributed by atoms with Crippen LogP contribution in [0.1, 0.15) is 13.8 Å². The van der Waals surface area contributed by atoms with E-state index in [1.807, 2.05) is 6.07 Å². The predicted molar refractivity (Wildman–Crippen MR) is 53.2 cm³/mol. The number of carbonyl (C=O) groups excluding carboxylic acids is 1. The summed E-state index contributed by atoms with van der Waals surface area (Å²) >= 11 is 0. The van der Waals surface area contributed by atoms with Gasteiger partial charge in [-0.25, -0.2) is 0 Å². The largest absolute Gasteiger partial charge is 0.481 e. The van der Waals surface area contributed by atoms with Crippen LogP contribution in [0.5, 0.6) is 0 Å². The van der Waals surface area contributed by atoms with E-state index in [4.69, 9.17) is 15.2 Å². The molecule has 0 aromatic heterocycles. The van der Waals surface area contributed by atoms with Crippen LogP contribution in [0.25, 0.3) is 0 Å². The van der Waals surface area contributed by atoms with Crippen molar-refractivity contribution in [3.8, 4) is 6.07 Å². The van der Waals surface area contributed by atoms with E-state index >= 15 is 0 Å². The molecule has 0 radical (unpaired) electrons. The number of hydrogen-bond donors (Lipinski definition) is 2. The number of methoxy groups -OCH3 is 1. The molecule has 84 valence electrons. The van der Waals surface area contributed by atoms with Crippen LogP contribution in [0.3, 0.4) is 0 Å². The minimum absolute atomic E-state index is 0.180. The summed E-state index contributed by atoms with van der Waals surface area (Å²) in [6, 6.07) is 1.97. The van der Waals surface area contributed by atoms with Crippen LogP contribution in [0.2, 0.25) is 0 Å². The summed E-state index contributed by atoms with van der Waals surface area (Å²) in [7, 11) is 2.71. The van der Waals surface area contributed by atoms with Gasteiger partial charge in [-0.3, -0.25) is 4.79 Å². The Kier molecular flexibility index (Phi) is 4.58.